The largest absolute Gasteiger partial charge is 0.497 e. The lowest BCUT2D eigenvalue weighted by Crippen LogP contribution is -2.24. The van der Waals surface area contributed by atoms with Gasteiger partial charge in [0, 0.05) is 28.5 Å². The van der Waals surface area contributed by atoms with Gasteiger partial charge in [0.25, 0.3) is 0 Å². The molecule has 0 saturated carbocycles. The Bertz CT molecular complexity index is 628. The van der Waals surface area contributed by atoms with Crippen LogP contribution in [-0.2, 0) is 17.3 Å². The summed E-state index contributed by atoms with van der Waals surface area (Å²) in [6.07, 6.45) is 1.66. The Morgan fingerprint density at radius 2 is 1.95 bits per heavy atom. The van der Waals surface area contributed by atoms with Crippen LogP contribution in [0, 0.1) is 0 Å². The van der Waals surface area contributed by atoms with Gasteiger partial charge in [0.1, 0.15) is 5.75 Å². The first kappa shape index (κ1) is 16.7. The fraction of sp³-hybridized carbons (Fsp3) is 0.294. The molecule has 0 heterocycles. The van der Waals surface area contributed by atoms with Crippen LogP contribution in [-0.4, -0.2) is 29.3 Å². The molecule has 5 heteroatoms. The third kappa shape index (κ3) is 4.40. The monoisotopic (exact) mass is 319 g/mol. The number of rotatable bonds is 7. The second-order valence-electron chi connectivity index (χ2n) is 4.99. The molecule has 2 atom stereocenters. The highest BCUT2D eigenvalue weighted by Crippen LogP contribution is 2.19. The summed E-state index contributed by atoms with van der Waals surface area (Å²) in [5.41, 5.74) is 2.06. The van der Waals surface area contributed by atoms with Crippen LogP contribution in [0.2, 0.25) is 0 Å². The van der Waals surface area contributed by atoms with Crippen LogP contribution < -0.4 is 10.1 Å². The van der Waals surface area contributed by atoms with Crippen LogP contribution in [0.4, 0.5) is 0 Å². The first-order chi connectivity index (χ1) is 10.6. The van der Waals surface area contributed by atoms with E-state index in [2.05, 4.69) is 5.32 Å². The Kier molecular flexibility index (Phi) is 6.12. The van der Waals surface area contributed by atoms with Gasteiger partial charge in [-0.3, -0.25) is 4.21 Å². The van der Waals surface area contributed by atoms with Crippen molar-refractivity contribution >= 4 is 10.8 Å². The molecule has 2 aromatic rings. The van der Waals surface area contributed by atoms with E-state index in [9.17, 15) is 9.32 Å². The molecule has 0 aliphatic heterocycles. The van der Waals surface area contributed by atoms with Crippen molar-refractivity contribution in [3.63, 3.8) is 0 Å². The van der Waals surface area contributed by atoms with Crippen molar-refractivity contribution in [1.29, 1.82) is 0 Å². The van der Waals surface area contributed by atoms with E-state index >= 15 is 0 Å². The van der Waals surface area contributed by atoms with Crippen LogP contribution in [0.1, 0.15) is 17.2 Å². The minimum atomic E-state index is -0.959. The van der Waals surface area contributed by atoms with Gasteiger partial charge in [-0.1, -0.05) is 24.3 Å². The van der Waals surface area contributed by atoms with Gasteiger partial charge in [0.15, 0.2) is 0 Å². The average Bonchev–Trinajstić information content (AvgIpc) is 2.56. The van der Waals surface area contributed by atoms with Crippen molar-refractivity contribution in [2.24, 2.45) is 0 Å². The summed E-state index contributed by atoms with van der Waals surface area (Å²) in [5.74, 6) is 0.771. The number of benzene rings is 2. The second-order valence-corrected chi connectivity index (χ2v) is 6.37. The average molecular weight is 319 g/mol. The number of hydrogen-bond donors (Lipinski definition) is 2. The van der Waals surface area contributed by atoms with Crippen LogP contribution in [0.15, 0.2) is 53.4 Å². The summed E-state index contributed by atoms with van der Waals surface area (Å²) in [4.78, 5) is 0.815. The van der Waals surface area contributed by atoms with Gasteiger partial charge in [0.2, 0.25) is 0 Å². The van der Waals surface area contributed by atoms with E-state index in [1.54, 1.807) is 13.4 Å². The lowest BCUT2D eigenvalue weighted by Gasteiger charge is -2.17. The highest BCUT2D eigenvalue weighted by atomic mass is 32.2. The predicted octanol–water partition coefficient (Wildman–Crippen LogP) is 2.26. The molecule has 0 aliphatic carbocycles. The second kappa shape index (κ2) is 8.08. The van der Waals surface area contributed by atoms with Crippen molar-refractivity contribution in [2.45, 2.75) is 17.5 Å². The molecule has 0 saturated heterocycles. The number of methoxy groups -OCH3 is 1. The summed E-state index contributed by atoms with van der Waals surface area (Å²) in [6.45, 7) is 0.628. The molecule has 0 unspecified atom stereocenters. The van der Waals surface area contributed by atoms with Crippen molar-refractivity contribution in [1.82, 2.24) is 5.32 Å². The molecule has 0 bridgehead atoms. The maximum absolute atomic E-state index is 11.4. The van der Waals surface area contributed by atoms with Crippen molar-refractivity contribution < 1.29 is 14.1 Å². The van der Waals surface area contributed by atoms with Gasteiger partial charge in [-0.2, -0.15) is 0 Å². The molecule has 0 spiro atoms. The van der Waals surface area contributed by atoms with E-state index in [4.69, 9.17) is 4.74 Å². The van der Waals surface area contributed by atoms with Gasteiger partial charge in [0.05, 0.1) is 19.8 Å². The number of hydrogen-bond acceptors (Lipinski definition) is 4. The third-order valence-electron chi connectivity index (χ3n) is 3.49. The molecule has 22 heavy (non-hydrogen) atoms. The highest BCUT2D eigenvalue weighted by Gasteiger charge is 2.10. The lowest BCUT2D eigenvalue weighted by atomic mass is 10.1. The predicted molar refractivity (Wildman–Crippen MR) is 88.4 cm³/mol. The van der Waals surface area contributed by atoms with Crippen LogP contribution >= 0.6 is 0 Å². The smallest absolute Gasteiger partial charge is 0.119 e. The molecule has 2 rings (SSSR count). The molecule has 2 N–H and O–H groups in total. The van der Waals surface area contributed by atoms with Gasteiger partial charge in [-0.15, -0.1) is 0 Å². The molecule has 0 aliphatic rings. The number of ether oxygens (including phenoxy) is 1. The molecule has 118 valence electrons. The van der Waals surface area contributed by atoms with Gasteiger partial charge >= 0.3 is 0 Å². The Balaban J connectivity index is 2.02. The zero-order valence-corrected chi connectivity index (χ0v) is 13.6. The van der Waals surface area contributed by atoms with Crippen LogP contribution in [0.25, 0.3) is 0 Å². The molecule has 0 radical (unpaired) electrons. The Morgan fingerprint density at radius 3 is 2.55 bits per heavy atom. The molecular weight excluding hydrogens is 298 g/mol. The van der Waals surface area contributed by atoms with Gasteiger partial charge in [-0.25, -0.2) is 0 Å². The third-order valence-corrected chi connectivity index (χ3v) is 4.42. The summed E-state index contributed by atoms with van der Waals surface area (Å²) in [7, 11) is 0.665. The van der Waals surface area contributed by atoms with E-state index < -0.39 is 10.8 Å². The first-order valence-electron chi connectivity index (χ1n) is 7.04. The first-order valence-corrected chi connectivity index (χ1v) is 8.60. The minimum Gasteiger partial charge on any atom is -0.497 e. The number of aliphatic hydroxyl groups is 1. The van der Waals surface area contributed by atoms with Gasteiger partial charge < -0.3 is 15.2 Å². The Hall–Kier alpha value is -1.69. The van der Waals surface area contributed by atoms with E-state index in [1.165, 1.54) is 0 Å². The van der Waals surface area contributed by atoms with Crippen LogP contribution in [0.3, 0.4) is 0 Å². The van der Waals surface area contributed by atoms with Crippen molar-refractivity contribution in [2.75, 3.05) is 20.0 Å². The fourth-order valence-electron chi connectivity index (χ4n) is 2.19. The van der Waals surface area contributed by atoms with Gasteiger partial charge in [-0.05, 0) is 35.4 Å². The fourth-order valence-corrected chi connectivity index (χ4v) is 2.71. The van der Waals surface area contributed by atoms with Crippen LogP contribution in [0.5, 0.6) is 5.75 Å². The maximum atomic E-state index is 11.4. The zero-order chi connectivity index (χ0) is 15.9. The van der Waals surface area contributed by atoms with E-state index in [-0.39, 0.29) is 12.6 Å². The molecule has 0 amide bonds. The number of aliphatic hydroxyl groups excluding tert-OH is 1. The molecular formula is C17H21NO3S. The van der Waals surface area contributed by atoms with E-state index in [0.717, 1.165) is 21.8 Å². The van der Waals surface area contributed by atoms with Crippen molar-refractivity contribution in [3.8, 4) is 5.75 Å². The molecule has 0 fully saturated rings. The van der Waals surface area contributed by atoms with E-state index in [0.29, 0.717) is 6.54 Å². The SMILES string of the molecule is COc1cccc([C@H](CO)NCc2ccc([S@@](C)=O)cc2)c1. The maximum Gasteiger partial charge on any atom is 0.119 e. The minimum absolute atomic E-state index is 0.00419. The molecule has 2 aromatic carbocycles. The zero-order valence-electron chi connectivity index (χ0n) is 12.8. The standard InChI is InChI=1S/C17H21NO3S/c1-21-15-5-3-4-14(10-15)17(12-19)18-11-13-6-8-16(9-7-13)22(2)20/h3-10,17-19H,11-12H2,1-2H3/t17-,22+/m0/s1. The highest BCUT2D eigenvalue weighted by molar-refractivity contribution is 7.84. The van der Waals surface area contributed by atoms with Crippen molar-refractivity contribution in [3.05, 3.63) is 59.7 Å². The van der Waals surface area contributed by atoms with E-state index in [1.807, 2.05) is 48.5 Å². The lowest BCUT2D eigenvalue weighted by molar-refractivity contribution is 0.243. The summed E-state index contributed by atoms with van der Waals surface area (Å²) in [5, 5.41) is 12.9. The summed E-state index contributed by atoms with van der Waals surface area (Å²) in [6, 6.07) is 15.1. The molecule has 4 nitrogen and oxygen atoms in total. The summed E-state index contributed by atoms with van der Waals surface area (Å²) < 4.78 is 16.6. The Morgan fingerprint density at radius 1 is 1.23 bits per heavy atom. The topological polar surface area (TPSA) is 58.6 Å². The Labute approximate surface area is 133 Å². The number of nitrogens with one attached hydrogen (secondary N) is 1. The normalized spacial score (nSPS) is 13.6. The summed E-state index contributed by atoms with van der Waals surface area (Å²) >= 11 is 0. The molecule has 0 aromatic heterocycles. The quantitative estimate of drug-likeness (QED) is 0.822.